The number of oxazole rings is 1. The molecule has 0 saturated heterocycles. The van der Waals surface area contributed by atoms with Crippen LogP contribution in [0.3, 0.4) is 0 Å². The van der Waals surface area contributed by atoms with Gasteiger partial charge in [0.2, 0.25) is 11.8 Å². The Morgan fingerprint density at radius 3 is 3.05 bits per heavy atom. The number of nitrogens with zero attached hydrogens (tertiary/aromatic N) is 4. The predicted octanol–water partition coefficient (Wildman–Crippen LogP) is 3.51. The number of aryl methyl sites for hydroxylation is 1. The van der Waals surface area contributed by atoms with Crippen LogP contribution in [0.4, 0.5) is 5.95 Å². The quantitative estimate of drug-likeness (QED) is 0.719. The highest BCUT2D eigenvalue weighted by molar-refractivity contribution is 7.98. The normalized spacial score (nSPS) is 14.6. The molecule has 6 nitrogen and oxygen atoms in total. The molecule has 1 aliphatic carbocycles. The van der Waals surface area contributed by atoms with Crippen LogP contribution in [0.25, 0.3) is 10.8 Å². The van der Waals surface area contributed by atoms with Crippen molar-refractivity contribution in [3.63, 3.8) is 0 Å². The summed E-state index contributed by atoms with van der Waals surface area (Å²) in [4.78, 5) is 5.64. The van der Waals surface area contributed by atoms with E-state index < -0.39 is 0 Å². The Hall–Kier alpha value is -1.80. The molecule has 3 heterocycles. The van der Waals surface area contributed by atoms with E-state index in [1.807, 2.05) is 29.0 Å². The van der Waals surface area contributed by atoms with Gasteiger partial charge in [-0.3, -0.25) is 4.57 Å². The van der Waals surface area contributed by atoms with Crippen molar-refractivity contribution in [3.8, 4) is 10.8 Å². The van der Waals surface area contributed by atoms with Gasteiger partial charge in [0, 0.05) is 11.8 Å². The number of hydrogen-bond acceptors (Lipinski definition) is 7. The van der Waals surface area contributed by atoms with Gasteiger partial charge in [-0.2, -0.15) is 0 Å². The molecule has 4 rings (SSSR count). The maximum Gasteiger partial charge on any atom is 0.236 e. The van der Waals surface area contributed by atoms with Crippen molar-refractivity contribution in [2.24, 2.45) is 0 Å². The standard InChI is InChI=1S/C14H15N5OS2/c1-8-10(16-12(20-8)11-3-2-6-21-11)7-22-14-18-17-13(15)19(14)9-4-5-9/h2-3,6,9H,4-5,7H2,1H3,(H2,15,17). The van der Waals surface area contributed by atoms with Crippen molar-refractivity contribution in [2.75, 3.05) is 5.73 Å². The van der Waals surface area contributed by atoms with Crippen LogP contribution >= 0.6 is 23.1 Å². The van der Waals surface area contributed by atoms with Gasteiger partial charge >= 0.3 is 0 Å². The molecule has 0 aromatic carbocycles. The third-order valence-electron chi connectivity index (χ3n) is 3.57. The predicted molar refractivity (Wildman–Crippen MR) is 86.8 cm³/mol. The Bertz CT molecular complexity index is 788. The van der Waals surface area contributed by atoms with Crippen LogP contribution in [0.2, 0.25) is 0 Å². The Balaban J connectivity index is 1.52. The van der Waals surface area contributed by atoms with Crippen molar-refractivity contribution < 1.29 is 4.42 Å². The number of thiophene rings is 1. The lowest BCUT2D eigenvalue weighted by Gasteiger charge is -2.04. The Labute approximate surface area is 135 Å². The average molecular weight is 333 g/mol. The van der Waals surface area contributed by atoms with Gasteiger partial charge in [-0.05, 0) is 31.2 Å². The zero-order chi connectivity index (χ0) is 15.1. The maximum absolute atomic E-state index is 5.89. The van der Waals surface area contributed by atoms with E-state index in [1.165, 1.54) is 0 Å². The molecule has 0 bridgehead atoms. The van der Waals surface area contributed by atoms with Crippen LogP contribution in [0.15, 0.2) is 27.1 Å². The lowest BCUT2D eigenvalue weighted by atomic mass is 10.4. The van der Waals surface area contributed by atoms with E-state index in [-0.39, 0.29) is 0 Å². The van der Waals surface area contributed by atoms with Crippen LogP contribution in [-0.2, 0) is 5.75 Å². The largest absolute Gasteiger partial charge is 0.440 e. The first kappa shape index (κ1) is 13.8. The number of hydrogen-bond donors (Lipinski definition) is 1. The number of nitrogens with two attached hydrogens (primary N) is 1. The molecule has 0 amide bonds. The molecule has 3 aromatic rings. The summed E-state index contributed by atoms with van der Waals surface area (Å²) in [6.45, 7) is 1.94. The van der Waals surface area contributed by atoms with Gasteiger partial charge in [-0.15, -0.1) is 21.5 Å². The third-order valence-corrected chi connectivity index (χ3v) is 5.38. The first-order chi connectivity index (χ1) is 10.7. The van der Waals surface area contributed by atoms with Crippen molar-refractivity contribution >= 4 is 29.0 Å². The van der Waals surface area contributed by atoms with Crippen LogP contribution in [0, 0.1) is 6.92 Å². The van der Waals surface area contributed by atoms with Crippen molar-refractivity contribution in [2.45, 2.75) is 36.7 Å². The summed E-state index contributed by atoms with van der Waals surface area (Å²) in [5, 5.41) is 11.0. The van der Waals surface area contributed by atoms with E-state index in [0.717, 1.165) is 34.3 Å². The topological polar surface area (TPSA) is 82.8 Å². The fourth-order valence-electron chi connectivity index (χ4n) is 2.26. The number of aromatic nitrogens is 4. The molecule has 2 N–H and O–H groups in total. The molecule has 0 spiro atoms. The van der Waals surface area contributed by atoms with Crippen molar-refractivity contribution in [1.29, 1.82) is 0 Å². The summed E-state index contributed by atoms with van der Waals surface area (Å²) in [5.74, 6) is 2.74. The summed E-state index contributed by atoms with van der Waals surface area (Å²) in [6, 6.07) is 4.48. The van der Waals surface area contributed by atoms with E-state index in [1.54, 1.807) is 23.1 Å². The zero-order valence-corrected chi connectivity index (χ0v) is 13.7. The highest BCUT2D eigenvalue weighted by Crippen LogP contribution is 2.40. The fourth-order valence-corrected chi connectivity index (χ4v) is 3.93. The van der Waals surface area contributed by atoms with Gasteiger partial charge in [0.05, 0.1) is 10.6 Å². The molecule has 0 radical (unpaired) electrons. The Kier molecular flexibility index (Phi) is 3.42. The minimum atomic E-state index is 0.470. The zero-order valence-electron chi connectivity index (χ0n) is 12.0. The van der Waals surface area contributed by atoms with E-state index in [0.29, 0.717) is 23.6 Å². The smallest absolute Gasteiger partial charge is 0.236 e. The van der Waals surface area contributed by atoms with Gasteiger partial charge in [0.15, 0.2) is 5.16 Å². The van der Waals surface area contributed by atoms with E-state index in [2.05, 4.69) is 15.2 Å². The molecular formula is C14H15N5OS2. The second-order valence-electron chi connectivity index (χ2n) is 5.23. The molecule has 0 aliphatic heterocycles. The van der Waals surface area contributed by atoms with E-state index in [9.17, 15) is 0 Å². The second-order valence-corrected chi connectivity index (χ2v) is 7.12. The monoisotopic (exact) mass is 333 g/mol. The number of rotatable bonds is 5. The first-order valence-corrected chi connectivity index (χ1v) is 8.92. The third kappa shape index (κ3) is 2.52. The molecule has 0 unspecified atom stereocenters. The van der Waals surface area contributed by atoms with E-state index in [4.69, 9.17) is 10.2 Å². The first-order valence-electron chi connectivity index (χ1n) is 7.05. The fraction of sp³-hybridized carbons (Fsp3) is 0.357. The van der Waals surface area contributed by atoms with Crippen molar-refractivity contribution in [3.05, 3.63) is 29.0 Å². The van der Waals surface area contributed by atoms with Crippen molar-refractivity contribution in [1.82, 2.24) is 19.7 Å². The average Bonchev–Trinajstić information content (AvgIpc) is 2.92. The highest BCUT2D eigenvalue weighted by atomic mass is 32.2. The van der Waals surface area contributed by atoms with Crippen LogP contribution in [0.5, 0.6) is 0 Å². The number of thioether (sulfide) groups is 1. The SMILES string of the molecule is Cc1oc(-c2cccs2)nc1CSc1nnc(N)n1C1CC1. The summed E-state index contributed by atoms with van der Waals surface area (Å²) < 4.78 is 7.79. The Morgan fingerprint density at radius 2 is 2.32 bits per heavy atom. The molecule has 0 atom stereocenters. The van der Waals surface area contributed by atoms with E-state index >= 15 is 0 Å². The Morgan fingerprint density at radius 1 is 1.45 bits per heavy atom. The molecule has 1 aliphatic rings. The minimum Gasteiger partial charge on any atom is -0.440 e. The summed E-state index contributed by atoms with van der Waals surface area (Å²) >= 11 is 3.23. The molecule has 8 heteroatoms. The molecule has 1 saturated carbocycles. The van der Waals surface area contributed by atoms with Gasteiger partial charge in [0.1, 0.15) is 5.76 Å². The summed E-state index contributed by atoms with van der Waals surface area (Å²) in [5.41, 5.74) is 6.83. The summed E-state index contributed by atoms with van der Waals surface area (Å²) in [6.07, 6.45) is 2.31. The van der Waals surface area contributed by atoms with Gasteiger partial charge < -0.3 is 10.2 Å². The van der Waals surface area contributed by atoms with Crippen LogP contribution in [0.1, 0.15) is 30.3 Å². The molecule has 22 heavy (non-hydrogen) atoms. The van der Waals surface area contributed by atoms with Gasteiger partial charge in [0.25, 0.3) is 0 Å². The molecule has 114 valence electrons. The lowest BCUT2D eigenvalue weighted by Crippen LogP contribution is -2.02. The van der Waals surface area contributed by atoms with Gasteiger partial charge in [-0.1, -0.05) is 17.8 Å². The molecule has 1 fully saturated rings. The molecule has 3 aromatic heterocycles. The molecular weight excluding hydrogens is 318 g/mol. The maximum atomic E-state index is 5.89. The van der Waals surface area contributed by atoms with Crippen LogP contribution < -0.4 is 5.73 Å². The van der Waals surface area contributed by atoms with Crippen LogP contribution in [-0.4, -0.2) is 19.7 Å². The lowest BCUT2D eigenvalue weighted by molar-refractivity contribution is 0.542. The highest BCUT2D eigenvalue weighted by Gasteiger charge is 2.29. The number of nitrogen functional groups attached to an aromatic ring is 1. The van der Waals surface area contributed by atoms with Gasteiger partial charge in [-0.25, -0.2) is 4.98 Å². The summed E-state index contributed by atoms with van der Waals surface area (Å²) in [7, 11) is 0. The number of anilines is 1. The minimum absolute atomic E-state index is 0.470. The second kappa shape index (κ2) is 5.44.